The molecule has 0 atom stereocenters. The first-order valence-corrected chi connectivity index (χ1v) is 12.2. The van der Waals surface area contributed by atoms with Crippen molar-refractivity contribution in [3.05, 3.63) is 58.5 Å². The summed E-state index contributed by atoms with van der Waals surface area (Å²) in [5.41, 5.74) is 0.941. The summed E-state index contributed by atoms with van der Waals surface area (Å²) in [6.45, 7) is 3.58. The SMILES string of the molecule is CCCCCCCCCCCCCCn1ccc(=O)c(OCc2ccc(OC)cc2)c1. The molecule has 0 aliphatic heterocycles. The van der Waals surface area contributed by atoms with Gasteiger partial charge >= 0.3 is 0 Å². The van der Waals surface area contributed by atoms with Crippen LogP contribution in [0, 0.1) is 0 Å². The molecule has 2 rings (SSSR count). The lowest BCUT2D eigenvalue weighted by Gasteiger charge is -2.10. The summed E-state index contributed by atoms with van der Waals surface area (Å²) in [7, 11) is 1.65. The molecular weight excluding hydrogens is 386 g/mol. The Labute approximate surface area is 188 Å². The molecule has 0 radical (unpaired) electrons. The molecule has 2 aromatic rings. The predicted octanol–water partition coefficient (Wildman–Crippen LogP) is 7.14. The Morgan fingerprint density at radius 2 is 1.35 bits per heavy atom. The fourth-order valence-electron chi connectivity index (χ4n) is 3.77. The van der Waals surface area contributed by atoms with Gasteiger partial charge in [-0.05, 0) is 24.1 Å². The zero-order valence-corrected chi connectivity index (χ0v) is 19.6. The molecule has 1 aromatic heterocycles. The van der Waals surface area contributed by atoms with Crippen LogP contribution in [0.3, 0.4) is 0 Å². The number of ether oxygens (including phenoxy) is 2. The Hall–Kier alpha value is -2.23. The second-order valence-corrected chi connectivity index (χ2v) is 8.44. The van der Waals surface area contributed by atoms with Crippen LogP contribution in [0.15, 0.2) is 47.5 Å². The van der Waals surface area contributed by atoms with Crippen molar-refractivity contribution in [3.8, 4) is 11.5 Å². The highest BCUT2D eigenvalue weighted by Gasteiger charge is 2.03. The third kappa shape index (κ3) is 10.6. The van der Waals surface area contributed by atoms with Crippen LogP contribution in [-0.4, -0.2) is 11.7 Å². The number of rotatable bonds is 17. The van der Waals surface area contributed by atoms with Gasteiger partial charge in [-0.2, -0.15) is 0 Å². The van der Waals surface area contributed by atoms with Crippen LogP contribution in [0.5, 0.6) is 11.5 Å². The zero-order chi connectivity index (χ0) is 22.2. The largest absolute Gasteiger partial charge is 0.497 e. The number of methoxy groups -OCH3 is 1. The van der Waals surface area contributed by atoms with E-state index in [0.717, 1.165) is 24.3 Å². The first kappa shape index (κ1) is 25.0. The molecule has 172 valence electrons. The quantitative estimate of drug-likeness (QED) is 0.252. The summed E-state index contributed by atoms with van der Waals surface area (Å²) in [6.07, 6.45) is 19.9. The maximum Gasteiger partial charge on any atom is 0.223 e. The molecule has 31 heavy (non-hydrogen) atoms. The van der Waals surface area contributed by atoms with E-state index in [0.29, 0.717) is 12.4 Å². The van der Waals surface area contributed by atoms with Crippen molar-refractivity contribution in [1.29, 1.82) is 0 Å². The number of unbranched alkanes of at least 4 members (excludes halogenated alkanes) is 11. The van der Waals surface area contributed by atoms with Gasteiger partial charge in [0, 0.05) is 18.8 Å². The standard InChI is InChI=1S/C27H41NO3/c1-3-4-5-6-7-8-9-10-11-12-13-14-20-28-21-19-26(29)27(22-28)31-23-24-15-17-25(30-2)18-16-24/h15-19,21-22H,3-14,20,23H2,1-2H3. The highest BCUT2D eigenvalue weighted by Crippen LogP contribution is 2.14. The van der Waals surface area contributed by atoms with Gasteiger partial charge in [0.25, 0.3) is 0 Å². The molecule has 4 heteroatoms. The summed E-state index contributed by atoms with van der Waals surface area (Å²) >= 11 is 0. The van der Waals surface area contributed by atoms with E-state index in [1.54, 1.807) is 13.2 Å². The lowest BCUT2D eigenvalue weighted by atomic mass is 10.1. The summed E-state index contributed by atoms with van der Waals surface area (Å²) in [5, 5.41) is 0. The Morgan fingerprint density at radius 3 is 1.94 bits per heavy atom. The van der Waals surface area contributed by atoms with Crippen molar-refractivity contribution in [3.63, 3.8) is 0 Å². The smallest absolute Gasteiger partial charge is 0.223 e. The highest BCUT2D eigenvalue weighted by molar-refractivity contribution is 5.27. The molecule has 0 spiro atoms. The average Bonchev–Trinajstić information content (AvgIpc) is 2.80. The maximum absolute atomic E-state index is 12.1. The lowest BCUT2D eigenvalue weighted by Crippen LogP contribution is -2.11. The van der Waals surface area contributed by atoms with Crippen LogP contribution in [0.1, 0.15) is 89.5 Å². The number of hydrogen-bond acceptors (Lipinski definition) is 3. The summed E-state index contributed by atoms with van der Waals surface area (Å²) < 4.78 is 13.0. The minimum absolute atomic E-state index is 0.0699. The van der Waals surface area contributed by atoms with Gasteiger partial charge in [-0.15, -0.1) is 0 Å². The molecule has 0 aliphatic rings. The van der Waals surface area contributed by atoms with Gasteiger partial charge in [0.15, 0.2) is 5.75 Å². The molecular formula is C27H41NO3. The second-order valence-electron chi connectivity index (χ2n) is 8.44. The van der Waals surface area contributed by atoms with Gasteiger partial charge in [0.1, 0.15) is 12.4 Å². The molecule has 0 amide bonds. The van der Waals surface area contributed by atoms with E-state index >= 15 is 0 Å². The maximum atomic E-state index is 12.1. The van der Waals surface area contributed by atoms with Gasteiger partial charge < -0.3 is 14.0 Å². The molecule has 0 saturated carbocycles. The van der Waals surface area contributed by atoms with Crippen molar-refractivity contribution < 1.29 is 9.47 Å². The van der Waals surface area contributed by atoms with E-state index in [9.17, 15) is 4.79 Å². The second kappa shape index (κ2) is 15.6. The first-order valence-electron chi connectivity index (χ1n) is 12.2. The number of pyridine rings is 1. The topological polar surface area (TPSA) is 40.5 Å². The van der Waals surface area contributed by atoms with Gasteiger partial charge in [0.2, 0.25) is 5.43 Å². The van der Waals surface area contributed by atoms with Crippen LogP contribution >= 0.6 is 0 Å². The Kier molecular flexibility index (Phi) is 12.6. The van der Waals surface area contributed by atoms with Crippen LogP contribution in [-0.2, 0) is 13.2 Å². The number of aromatic nitrogens is 1. The summed E-state index contributed by atoms with van der Waals surface area (Å²) in [6, 6.07) is 9.30. The lowest BCUT2D eigenvalue weighted by molar-refractivity contribution is 0.299. The van der Waals surface area contributed by atoms with Crippen molar-refractivity contribution in [1.82, 2.24) is 4.57 Å². The van der Waals surface area contributed by atoms with E-state index in [1.807, 2.05) is 36.7 Å². The van der Waals surface area contributed by atoms with Gasteiger partial charge in [-0.3, -0.25) is 4.79 Å². The molecule has 1 aromatic carbocycles. The molecule has 1 heterocycles. The van der Waals surface area contributed by atoms with Crippen molar-refractivity contribution in [2.24, 2.45) is 0 Å². The van der Waals surface area contributed by atoms with Gasteiger partial charge in [0.05, 0.1) is 13.3 Å². The fraction of sp³-hybridized carbons (Fsp3) is 0.593. The third-order valence-corrected chi connectivity index (χ3v) is 5.77. The number of nitrogens with zero attached hydrogens (tertiary/aromatic N) is 1. The molecule has 0 saturated heterocycles. The summed E-state index contributed by atoms with van der Waals surface area (Å²) in [5.74, 6) is 1.23. The molecule has 4 nitrogen and oxygen atoms in total. The van der Waals surface area contributed by atoms with E-state index in [1.165, 1.54) is 70.6 Å². The predicted molar refractivity (Wildman–Crippen MR) is 129 cm³/mol. The van der Waals surface area contributed by atoms with E-state index < -0.39 is 0 Å². The number of aryl methyl sites for hydroxylation is 1. The van der Waals surface area contributed by atoms with Crippen LogP contribution < -0.4 is 14.9 Å². The van der Waals surface area contributed by atoms with Crippen LogP contribution in [0.4, 0.5) is 0 Å². The van der Waals surface area contributed by atoms with Crippen LogP contribution in [0.25, 0.3) is 0 Å². The summed E-state index contributed by atoms with van der Waals surface area (Å²) in [4.78, 5) is 12.1. The Morgan fingerprint density at radius 1 is 0.774 bits per heavy atom. The van der Waals surface area contributed by atoms with Gasteiger partial charge in [-0.25, -0.2) is 0 Å². The van der Waals surface area contributed by atoms with Crippen LogP contribution in [0.2, 0.25) is 0 Å². The number of benzene rings is 1. The highest BCUT2D eigenvalue weighted by atomic mass is 16.5. The molecule has 0 bridgehead atoms. The van der Waals surface area contributed by atoms with E-state index in [4.69, 9.17) is 9.47 Å². The van der Waals surface area contributed by atoms with Gasteiger partial charge in [-0.1, -0.05) is 89.7 Å². The van der Waals surface area contributed by atoms with Crippen molar-refractivity contribution >= 4 is 0 Å². The minimum atomic E-state index is -0.0699. The minimum Gasteiger partial charge on any atom is -0.497 e. The molecule has 0 unspecified atom stereocenters. The molecule has 0 aliphatic carbocycles. The Balaban J connectivity index is 1.59. The Bertz CT molecular complexity index is 767. The van der Waals surface area contributed by atoms with E-state index in [2.05, 4.69) is 11.5 Å². The van der Waals surface area contributed by atoms with Crippen molar-refractivity contribution in [2.75, 3.05) is 7.11 Å². The zero-order valence-electron chi connectivity index (χ0n) is 19.6. The average molecular weight is 428 g/mol. The van der Waals surface area contributed by atoms with Crippen molar-refractivity contribution in [2.45, 2.75) is 97.1 Å². The molecule has 0 fully saturated rings. The normalized spacial score (nSPS) is 10.9. The monoisotopic (exact) mass is 427 g/mol. The third-order valence-electron chi connectivity index (χ3n) is 5.77. The van der Waals surface area contributed by atoms with E-state index in [-0.39, 0.29) is 5.43 Å². The number of hydrogen-bond donors (Lipinski definition) is 0. The molecule has 0 N–H and O–H groups in total. The first-order chi connectivity index (χ1) is 15.2. The fourth-order valence-corrected chi connectivity index (χ4v) is 3.77.